The number of ether oxygens (including phenoxy) is 2. The van der Waals surface area contributed by atoms with Crippen LogP contribution in [0.5, 0.6) is 0 Å². The van der Waals surface area contributed by atoms with Crippen LogP contribution in [-0.2, 0) is 19.7 Å². The van der Waals surface area contributed by atoms with Crippen molar-refractivity contribution in [2.45, 2.75) is 96.8 Å². The average molecular weight is 456 g/mol. The first-order valence-electron chi connectivity index (χ1n) is 12.4. The van der Waals surface area contributed by atoms with Gasteiger partial charge in [-0.2, -0.15) is 0 Å². The van der Waals surface area contributed by atoms with Crippen molar-refractivity contribution in [3.05, 3.63) is 48.0 Å². The van der Waals surface area contributed by atoms with Crippen LogP contribution in [0.4, 0.5) is 4.79 Å². The molecule has 0 unspecified atom stereocenters. The Labute approximate surface area is 199 Å². The molecule has 0 spiro atoms. The highest BCUT2D eigenvalue weighted by molar-refractivity contribution is 5.89. The SMILES string of the molecule is CC[C@@]1(C(=O)O[C@@H]2C[C@H](C)CC[C@H]2C(C)(C)c2ccccc2)C=CCN1C(=O)OC(C)(C)C. The summed E-state index contributed by atoms with van der Waals surface area (Å²) in [5.41, 5.74) is -0.633. The molecular weight excluding hydrogens is 414 g/mol. The predicted octanol–water partition coefficient (Wildman–Crippen LogP) is 6.27. The van der Waals surface area contributed by atoms with Crippen LogP contribution in [0.3, 0.4) is 0 Å². The molecule has 0 saturated heterocycles. The topological polar surface area (TPSA) is 55.8 Å². The molecule has 1 aromatic carbocycles. The molecule has 1 aliphatic heterocycles. The van der Waals surface area contributed by atoms with Crippen LogP contribution in [-0.4, -0.2) is 40.8 Å². The van der Waals surface area contributed by atoms with E-state index in [1.807, 2.05) is 45.9 Å². The maximum atomic E-state index is 13.7. The van der Waals surface area contributed by atoms with E-state index in [4.69, 9.17) is 9.47 Å². The molecule has 2 aliphatic rings. The zero-order chi connectivity index (χ0) is 24.4. The van der Waals surface area contributed by atoms with Gasteiger partial charge in [-0.15, -0.1) is 0 Å². The molecule has 3 rings (SSSR count). The lowest BCUT2D eigenvalue weighted by Crippen LogP contribution is -2.56. The van der Waals surface area contributed by atoms with Gasteiger partial charge >= 0.3 is 12.1 Å². The van der Waals surface area contributed by atoms with Crippen molar-refractivity contribution >= 4 is 12.1 Å². The summed E-state index contributed by atoms with van der Waals surface area (Å²) in [6, 6.07) is 10.5. The summed E-state index contributed by atoms with van der Waals surface area (Å²) in [4.78, 5) is 28.2. The van der Waals surface area contributed by atoms with Crippen LogP contribution >= 0.6 is 0 Å². The summed E-state index contributed by atoms with van der Waals surface area (Å²) in [5.74, 6) is 0.344. The Morgan fingerprint density at radius 3 is 2.36 bits per heavy atom. The fraction of sp³-hybridized carbons (Fsp3) is 0.643. The summed E-state index contributed by atoms with van der Waals surface area (Å²) in [6.45, 7) is 14.5. The summed E-state index contributed by atoms with van der Waals surface area (Å²) in [7, 11) is 0. The van der Waals surface area contributed by atoms with E-state index in [0.717, 1.165) is 19.3 Å². The molecule has 0 radical (unpaired) electrons. The minimum Gasteiger partial charge on any atom is -0.460 e. The van der Waals surface area contributed by atoms with E-state index in [0.29, 0.717) is 18.9 Å². The van der Waals surface area contributed by atoms with Crippen molar-refractivity contribution < 1.29 is 19.1 Å². The van der Waals surface area contributed by atoms with Gasteiger partial charge in [-0.3, -0.25) is 4.90 Å². The third-order valence-corrected chi connectivity index (χ3v) is 7.43. The number of hydrogen-bond donors (Lipinski definition) is 0. The monoisotopic (exact) mass is 455 g/mol. The maximum Gasteiger partial charge on any atom is 0.411 e. The fourth-order valence-corrected chi connectivity index (χ4v) is 5.40. The van der Waals surface area contributed by atoms with Crippen molar-refractivity contribution in [2.24, 2.45) is 11.8 Å². The molecule has 5 heteroatoms. The van der Waals surface area contributed by atoms with Gasteiger partial charge in [0.05, 0.1) is 0 Å². The molecule has 4 atom stereocenters. The molecule has 1 heterocycles. The molecule has 33 heavy (non-hydrogen) atoms. The lowest BCUT2D eigenvalue weighted by atomic mass is 9.64. The highest BCUT2D eigenvalue weighted by Gasteiger charge is 2.50. The fourth-order valence-electron chi connectivity index (χ4n) is 5.40. The van der Waals surface area contributed by atoms with Crippen molar-refractivity contribution in [2.75, 3.05) is 6.54 Å². The number of carbonyl (C=O) groups excluding carboxylic acids is 2. The van der Waals surface area contributed by atoms with Gasteiger partial charge in [-0.05, 0) is 63.0 Å². The lowest BCUT2D eigenvalue weighted by Gasteiger charge is -2.45. The molecule has 1 amide bonds. The van der Waals surface area contributed by atoms with Crippen LogP contribution in [0.2, 0.25) is 0 Å². The Balaban J connectivity index is 1.86. The van der Waals surface area contributed by atoms with E-state index in [1.54, 1.807) is 0 Å². The second-order valence-corrected chi connectivity index (χ2v) is 11.3. The third kappa shape index (κ3) is 5.28. The minimum atomic E-state index is -1.12. The van der Waals surface area contributed by atoms with Crippen molar-refractivity contribution in [1.82, 2.24) is 4.90 Å². The number of benzene rings is 1. The molecule has 1 aliphatic carbocycles. The number of hydrogen-bond acceptors (Lipinski definition) is 4. The summed E-state index contributed by atoms with van der Waals surface area (Å²) < 4.78 is 11.9. The smallest absolute Gasteiger partial charge is 0.411 e. The number of rotatable bonds is 5. The molecule has 0 aromatic heterocycles. The van der Waals surface area contributed by atoms with Crippen LogP contribution < -0.4 is 0 Å². The predicted molar refractivity (Wildman–Crippen MR) is 131 cm³/mol. The first-order chi connectivity index (χ1) is 15.4. The molecule has 1 saturated carbocycles. The second-order valence-electron chi connectivity index (χ2n) is 11.3. The number of esters is 1. The van der Waals surface area contributed by atoms with Crippen molar-refractivity contribution in [3.8, 4) is 0 Å². The second kappa shape index (κ2) is 9.52. The van der Waals surface area contributed by atoms with Crippen molar-refractivity contribution in [1.29, 1.82) is 0 Å². The molecule has 0 bridgehead atoms. The largest absolute Gasteiger partial charge is 0.460 e. The van der Waals surface area contributed by atoms with Gasteiger partial charge in [0.1, 0.15) is 11.7 Å². The minimum absolute atomic E-state index is 0.137. The maximum absolute atomic E-state index is 13.7. The third-order valence-electron chi connectivity index (χ3n) is 7.43. The number of nitrogens with zero attached hydrogens (tertiary/aromatic N) is 1. The van der Waals surface area contributed by atoms with Crippen LogP contribution in [0.25, 0.3) is 0 Å². The van der Waals surface area contributed by atoms with Gasteiger partial charge in [0.2, 0.25) is 0 Å². The summed E-state index contributed by atoms with van der Waals surface area (Å²) >= 11 is 0. The Hall–Kier alpha value is -2.30. The van der Waals surface area contributed by atoms with Gasteiger partial charge in [0.15, 0.2) is 5.54 Å². The highest BCUT2D eigenvalue weighted by Crippen LogP contribution is 2.44. The average Bonchev–Trinajstić information content (AvgIpc) is 3.19. The highest BCUT2D eigenvalue weighted by atomic mass is 16.6. The first kappa shape index (κ1) is 25.3. The van der Waals surface area contributed by atoms with E-state index in [-0.39, 0.29) is 23.4 Å². The zero-order valence-electron chi connectivity index (χ0n) is 21.4. The van der Waals surface area contributed by atoms with E-state index in [1.165, 1.54) is 10.5 Å². The van der Waals surface area contributed by atoms with Gasteiger partial charge in [-0.25, -0.2) is 9.59 Å². The summed E-state index contributed by atoms with van der Waals surface area (Å²) in [6.07, 6.45) is 6.41. The molecule has 5 nitrogen and oxygen atoms in total. The van der Waals surface area contributed by atoms with E-state index < -0.39 is 17.2 Å². The Kier molecular flexibility index (Phi) is 7.30. The zero-order valence-corrected chi connectivity index (χ0v) is 21.4. The van der Waals surface area contributed by atoms with Gasteiger partial charge in [0.25, 0.3) is 0 Å². The van der Waals surface area contributed by atoms with E-state index in [2.05, 4.69) is 45.0 Å². The van der Waals surface area contributed by atoms with E-state index >= 15 is 0 Å². The molecule has 1 aromatic rings. The van der Waals surface area contributed by atoms with Crippen LogP contribution in [0.1, 0.15) is 79.7 Å². The molecule has 0 N–H and O–H groups in total. The van der Waals surface area contributed by atoms with Crippen molar-refractivity contribution in [3.63, 3.8) is 0 Å². The Morgan fingerprint density at radius 1 is 1.09 bits per heavy atom. The van der Waals surface area contributed by atoms with E-state index in [9.17, 15) is 9.59 Å². The quantitative estimate of drug-likeness (QED) is 0.388. The normalized spacial score (nSPS) is 28.0. The standard InChI is InChI=1S/C28H41NO4/c1-8-28(17-12-18-29(28)25(31)33-26(3,4)5)24(30)32-23-19-20(2)15-16-22(23)27(6,7)21-13-10-9-11-14-21/h9-14,17,20,22-23H,8,15-16,18-19H2,1-7H3/t20-,22-,23-,28+/m1/s1. The first-order valence-corrected chi connectivity index (χ1v) is 12.4. The number of amides is 1. The Morgan fingerprint density at radius 2 is 1.76 bits per heavy atom. The van der Waals surface area contributed by atoms with Gasteiger partial charge in [-0.1, -0.05) is 70.5 Å². The lowest BCUT2D eigenvalue weighted by molar-refractivity contribution is -0.167. The van der Waals surface area contributed by atoms with Crippen LogP contribution in [0, 0.1) is 11.8 Å². The van der Waals surface area contributed by atoms with Gasteiger partial charge in [0, 0.05) is 12.5 Å². The van der Waals surface area contributed by atoms with Gasteiger partial charge < -0.3 is 9.47 Å². The molecule has 1 fully saturated rings. The summed E-state index contributed by atoms with van der Waals surface area (Å²) in [5, 5.41) is 0. The molecule has 182 valence electrons. The number of carbonyl (C=O) groups is 2. The van der Waals surface area contributed by atoms with Crippen LogP contribution in [0.15, 0.2) is 42.5 Å². The molecular formula is C28H41NO4. The Bertz CT molecular complexity index is 870.